The standard InChI is InChI=1S/C11H18O2/c1-10(5-6-12-10)8-3-4-11(2)9(7-8)13-11/h8-9H,3-7H2,1-2H3. The van der Waals surface area contributed by atoms with Crippen LogP contribution in [0.5, 0.6) is 0 Å². The van der Waals surface area contributed by atoms with Crippen molar-refractivity contribution in [2.75, 3.05) is 6.61 Å². The van der Waals surface area contributed by atoms with Crippen molar-refractivity contribution >= 4 is 0 Å². The van der Waals surface area contributed by atoms with Gasteiger partial charge in [0.15, 0.2) is 0 Å². The molecule has 4 atom stereocenters. The van der Waals surface area contributed by atoms with Gasteiger partial charge in [-0.25, -0.2) is 0 Å². The van der Waals surface area contributed by atoms with Crippen molar-refractivity contribution in [3.63, 3.8) is 0 Å². The Morgan fingerprint density at radius 2 is 1.92 bits per heavy atom. The first-order valence-corrected chi connectivity index (χ1v) is 5.44. The fourth-order valence-electron chi connectivity index (χ4n) is 2.95. The minimum atomic E-state index is 0.202. The van der Waals surface area contributed by atoms with E-state index in [4.69, 9.17) is 9.47 Å². The number of epoxide rings is 1. The molecule has 2 aliphatic heterocycles. The maximum absolute atomic E-state index is 5.70. The summed E-state index contributed by atoms with van der Waals surface area (Å²) in [5.41, 5.74) is 0.462. The average Bonchev–Trinajstić information content (AvgIpc) is 2.71. The first-order valence-electron chi connectivity index (χ1n) is 5.44. The lowest BCUT2D eigenvalue weighted by Gasteiger charge is -2.46. The van der Waals surface area contributed by atoms with Gasteiger partial charge in [-0.2, -0.15) is 0 Å². The SMILES string of the molecule is CC1(C2CCC3(C)OC3C2)CCO1. The molecule has 13 heavy (non-hydrogen) atoms. The molecule has 1 saturated carbocycles. The second kappa shape index (κ2) is 2.29. The first-order chi connectivity index (χ1) is 6.12. The predicted octanol–water partition coefficient (Wildman–Crippen LogP) is 2.12. The Morgan fingerprint density at radius 1 is 1.15 bits per heavy atom. The Balaban J connectivity index is 1.68. The number of rotatable bonds is 1. The average molecular weight is 182 g/mol. The lowest BCUT2D eigenvalue weighted by Crippen LogP contribution is -2.49. The van der Waals surface area contributed by atoms with Crippen LogP contribution in [0.4, 0.5) is 0 Å². The quantitative estimate of drug-likeness (QED) is 0.579. The highest BCUT2D eigenvalue weighted by Crippen LogP contribution is 2.53. The van der Waals surface area contributed by atoms with Crippen LogP contribution < -0.4 is 0 Å². The van der Waals surface area contributed by atoms with E-state index < -0.39 is 0 Å². The summed E-state index contributed by atoms with van der Waals surface area (Å²) in [7, 11) is 0. The summed E-state index contributed by atoms with van der Waals surface area (Å²) in [4.78, 5) is 0. The van der Waals surface area contributed by atoms with E-state index in [1.54, 1.807) is 0 Å². The molecule has 0 amide bonds. The molecule has 3 aliphatic rings. The summed E-state index contributed by atoms with van der Waals surface area (Å²) in [6, 6.07) is 0. The zero-order valence-corrected chi connectivity index (χ0v) is 8.51. The van der Waals surface area contributed by atoms with Gasteiger partial charge in [-0.05, 0) is 45.4 Å². The number of fused-ring (bicyclic) bond motifs is 1. The van der Waals surface area contributed by atoms with Crippen LogP contribution in [0.25, 0.3) is 0 Å². The lowest BCUT2D eigenvalue weighted by molar-refractivity contribution is -0.174. The van der Waals surface area contributed by atoms with Crippen LogP contribution in [0, 0.1) is 5.92 Å². The molecular weight excluding hydrogens is 164 g/mol. The van der Waals surface area contributed by atoms with E-state index in [0.717, 1.165) is 12.5 Å². The monoisotopic (exact) mass is 182 g/mol. The van der Waals surface area contributed by atoms with E-state index in [-0.39, 0.29) is 11.2 Å². The smallest absolute Gasteiger partial charge is 0.0920 e. The fourth-order valence-corrected chi connectivity index (χ4v) is 2.95. The van der Waals surface area contributed by atoms with Crippen LogP contribution in [0.3, 0.4) is 0 Å². The van der Waals surface area contributed by atoms with Gasteiger partial charge in [0.2, 0.25) is 0 Å². The van der Waals surface area contributed by atoms with E-state index in [9.17, 15) is 0 Å². The van der Waals surface area contributed by atoms with Crippen LogP contribution >= 0.6 is 0 Å². The summed E-state index contributed by atoms with van der Waals surface area (Å²) in [5, 5.41) is 0. The number of ether oxygens (including phenoxy) is 2. The minimum Gasteiger partial charge on any atom is -0.375 e. The molecule has 0 spiro atoms. The van der Waals surface area contributed by atoms with Crippen molar-refractivity contribution in [2.24, 2.45) is 5.92 Å². The second-order valence-electron chi connectivity index (χ2n) is 5.30. The Hall–Kier alpha value is -0.0800. The Kier molecular flexibility index (Phi) is 1.45. The molecule has 0 aromatic carbocycles. The molecule has 74 valence electrons. The van der Waals surface area contributed by atoms with E-state index in [1.807, 2.05) is 0 Å². The Morgan fingerprint density at radius 3 is 2.46 bits per heavy atom. The number of hydrogen-bond acceptors (Lipinski definition) is 2. The highest BCUT2D eigenvalue weighted by atomic mass is 16.6. The molecule has 4 unspecified atom stereocenters. The van der Waals surface area contributed by atoms with Crippen molar-refractivity contribution in [2.45, 2.75) is 56.8 Å². The third-order valence-corrected chi connectivity index (χ3v) is 4.42. The molecule has 0 bridgehead atoms. The zero-order chi connectivity index (χ0) is 9.10. The van der Waals surface area contributed by atoms with Crippen molar-refractivity contribution in [3.05, 3.63) is 0 Å². The van der Waals surface area contributed by atoms with Gasteiger partial charge in [0.1, 0.15) is 0 Å². The Labute approximate surface area is 79.6 Å². The second-order valence-corrected chi connectivity index (χ2v) is 5.30. The van der Waals surface area contributed by atoms with Crippen LogP contribution in [0.1, 0.15) is 39.5 Å². The molecule has 0 aromatic rings. The normalized spacial score (nSPS) is 59.5. The van der Waals surface area contributed by atoms with Crippen LogP contribution in [-0.4, -0.2) is 23.9 Å². The van der Waals surface area contributed by atoms with Crippen molar-refractivity contribution in [3.8, 4) is 0 Å². The summed E-state index contributed by atoms with van der Waals surface area (Å²) < 4.78 is 11.4. The van der Waals surface area contributed by atoms with Crippen molar-refractivity contribution in [1.82, 2.24) is 0 Å². The molecule has 3 rings (SSSR count). The highest BCUT2D eigenvalue weighted by Gasteiger charge is 2.58. The molecular formula is C11H18O2. The fraction of sp³-hybridized carbons (Fsp3) is 1.00. The van der Waals surface area contributed by atoms with E-state index in [2.05, 4.69) is 13.8 Å². The summed E-state index contributed by atoms with van der Waals surface area (Å²) in [6.45, 7) is 5.49. The van der Waals surface area contributed by atoms with Gasteiger partial charge < -0.3 is 9.47 Å². The first kappa shape index (κ1) is 8.25. The molecule has 3 fully saturated rings. The largest absolute Gasteiger partial charge is 0.375 e. The molecule has 2 nitrogen and oxygen atoms in total. The molecule has 0 radical (unpaired) electrons. The molecule has 0 N–H and O–H groups in total. The molecule has 1 aliphatic carbocycles. The van der Waals surface area contributed by atoms with Crippen molar-refractivity contribution in [1.29, 1.82) is 0 Å². The summed E-state index contributed by atoms with van der Waals surface area (Å²) in [5.74, 6) is 0.752. The van der Waals surface area contributed by atoms with E-state index in [1.165, 1.54) is 25.7 Å². The van der Waals surface area contributed by atoms with Crippen LogP contribution in [0.15, 0.2) is 0 Å². The van der Waals surface area contributed by atoms with E-state index >= 15 is 0 Å². The summed E-state index contributed by atoms with van der Waals surface area (Å²) in [6.07, 6.45) is 5.56. The van der Waals surface area contributed by atoms with Gasteiger partial charge >= 0.3 is 0 Å². The molecule has 2 heteroatoms. The maximum atomic E-state index is 5.70. The lowest BCUT2D eigenvalue weighted by atomic mass is 9.72. The van der Waals surface area contributed by atoms with Gasteiger partial charge in [0.05, 0.1) is 23.9 Å². The van der Waals surface area contributed by atoms with Crippen LogP contribution in [-0.2, 0) is 9.47 Å². The molecule has 2 saturated heterocycles. The van der Waals surface area contributed by atoms with Gasteiger partial charge in [0.25, 0.3) is 0 Å². The zero-order valence-electron chi connectivity index (χ0n) is 8.51. The van der Waals surface area contributed by atoms with Gasteiger partial charge in [0, 0.05) is 0 Å². The third kappa shape index (κ3) is 1.08. The van der Waals surface area contributed by atoms with Gasteiger partial charge in [-0.15, -0.1) is 0 Å². The topological polar surface area (TPSA) is 21.8 Å². The Bertz CT molecular complexity index is 234. The predicted molar refractivity (Wildman–Crippen MR) is 49.6 cm³/mol. The minimum absolute atomic E-state index is 0.202. The van der Waals surface area contributed by atoms with Gasteiger partial charge in [-0.1, -0.05) is 0 Å². The molecule has 2 heterocycles. The number of hydrogen-bond donors (Lipinski definition) is 0. The van der Waals surface area contributed by atoms with Crippen molar-refractivity contribution < 1.29 is 9.47 Å². The van der Waals surface area contributed by atoms with Gasteiger partial charge in [-0.3, -0.25) is 0 Å². The van der Waals surface area contributed by atoms with E-state index in [0.29, 0.717) is 6.10 Å². The summed E-state index contributed by atoms with van der Waals surface area (Å²) >= 11 is 0. The van der Waals surface area contributed by atoms with Crippen LogP contribution in [0.2, 0.25) is 0 Å². The third-order valence-electron chi connectivity index (χ3n) is 4.42. The molecule has 0 aromatic heterocycles. The highest BCUT2D eigenvalue weighted by molar-refractivity contribution is 5.07. The maximum Gasteiger partial charge on any atom is 0.0920 e.